The lowest BCUT2D eigenvalue weighted by Gasteiger charge is -2.22. The number of aliphatic hydroxyl groups is 1. The lowest BCUT2D eigenvalue weighted by molar-refractivity contribution is -0.141. The van der Waals surface area contributed by atoms with Crippen LogP contribution in [0.1, 0.15) is 24.5 Å². The largest absolute Gasteiger partial charge is 0.491 e. The Morgan fingerprint density at radius 3 is 2.52 bits per heavy atom. The number of halogens is 2. The minimum Gasteiger partial charge on any atom is -0.491 e. The Hall–Kier alpha value is -2.08. The summed E-state index contributed by atoms with van der Waals surface area (Å²) < 4.78 is 5.76. The van der Waals surface area contributed by atoms with Crippen molar-refractivity contribution >= 4 is 40.6 Å². The van der Waals surface area contributed by atoms with Gasteiger partial charge in [-0.1, -0.05) is 41.4 Å². The number of para-hydroxylation sites is 1. The Morgan fingerprint density at radius 2 is 1.85 bits per heavy atom. The molecule has 27 heavy (non-hydrogen) atoms. The number of carbonyl (C=O) groups excluding carboxylic acids is 2. The summed E-state index contributed by atoms with van der Waals surface area (Å²) in [7, 11) is 0. The molecule has 1 N–H and O–H groups in total. The first-order valence-corrected chi connectivity index (χ1v) is 9.22. The topological polar surface area (TPSA) is 66.8 Å². The summed E-state index contributed by atoms with van der Waals surface area (Å²) in [6.45, 7) is 3.58. The Kier molecular flexibility index (Phi) is 5.47. The number of anilines is 1. The Morgan fingerprint density at radius 1 is 1.19 bits per heavy atom. The highest BCUT2D eigenvalue weighted by atomic mass is 35.5. The molecule has 0 aliphatic carbocycles. The number of ketones is 1. The number of amides is 1. The molecule has 1 heterocycles. The minimum atomic E-state index is -2.02. The number of ether oxygens (including phenoxy) is 1. The van der Waals surface area contributed by atoms with Gasteiger partial charge >= 0.3 is 0 Å². The molecule has 142 valence electrons. The molecule has 3 rings (SSSR count). The average Bonchev–Trinajstić information content (AvgIpc) is 2.82. The van der Waals surface area contributed by atoms with Crippen LogP contribution in [-0.2, 0) is 15.2 Å². The van der Waals surface area contributed by atoms with E-state index in [0.717, 1.165) is 5.56 Å². The fourth-order valence-corrected chi connectivity index (χ4v) is 3.90. The summed E-state index contributed by atoms with van der Waals surface area (Å²) in [5, 5.41) is 11.5. The van der Waals surface area contributed by atoms with Crippen LogP contribution in [0.25, 0.3) is 0 Å². The van der Waals surface area contributed by atoms with Crippen molar-refractivity contribution in [1.82, 2.24) is 0 Å². The SMILES string of the molecule is CC(=O)CC1(O)C(=O)N(CCOc2ccccc2C)c2c(Cl)ccc(Cl)c21. The first-order valence-electron chi connectivity index (χ1n) is 8.46. The number of benzene rings is 2. The zero-order valence-electron chi connectivity index (χ0n) is 15.0. The van der Waals surface area contributed by atoms with Crippen LogP contribution in [0.4, 0.5) is 5.69 Å². The second-order valence-corrected chi connectivity index (χ2v) is 7.38. The molecule has 7 heteroatoms. The number of Topliss-reactive ketones (excluding diaryl/α,β-unsaturated/α-hetero) is 1. The lowest BCUT2D eigenvalue weighted by atomic mass is 9.90. The van der Waals surface area contributed by atoms with E-state index in [4.69, 9.17) is 27.9 Å². The van der Waals surface area contributed by atoms with E-state index in [0.29, 0.717) is 11.4 Å². The molecule has 2 aromatic rings. The van der Waals surface area contributed by atoms with Crippen molar-refractivity contribution in [2.45, 2.75) is 25.9 Å². The molecular formula is C20H19Cl2NO4. The normalized spacial score (nSPS) is 18.6. The van der Waals surface area contributed by atoms with Gasteiger partial charge in [-0.25, -0.2) is 0 Å². The Bertz CT molecular complexity index is 915. The smallest absolute Gasteiger partial charge is 0.264 e. The third-order valence-electron chi connectivity index (χ3n) is 4.53. The van der Waals surface area contributed by atoms with Gasteiger partial charge in [0.15, 0.2) is 5.60 Å². The fraction of sp³-hybridized carbons (Fsp3) is 0.300. The number of hydrogen-bond donors (Lipinski definition) is 1. The zero-order chi connectivity index (χ0) is 19.8. The van der Waals surface area contributed by atoms with Gasteiger partial charge in [0.05, 0.1) is 17.3 Å². The second-order valence-electron chi connectivity index (χ2n) is 6.56. The predicted octanol–water partition coefficient (Wildman–Crippen LogP) is 3.89. The second kappa shape index (κ2) is 7.50. The van der Waals surface area contributed by atoms with Gasteiger partial charge in [0.25, 0.3) is 5.91 Å². The van der Waals surface area contributed by atoms with E-state index in [9.17, 15) is 14.7 Å². The summed E-state index contributed by atoms with van der Waals surface area (Å²) in [5.41, 5.74) is -0.551. The molecule has 5 nitrogen and oxygen atoms in total. The maximum absolute atomic E-state index is 13.0. The van der Waals surface area contributed by atoms with Crippen LogP contribution in [0.15, 0.2) is 36.4 Å². The van der Waals surface area contributed by atoms with Crippen LogP contribution < -0.4 is 9.64 Å². The number of rotatable bonds is 6. The maximum Gasteiger partial charge on any atom is 0.264 e. The molecule has 1 atom stereocenters. The third kappa shape index (κ3) is 3.55. The van der Waals surface area contributed by atoms with Crippen molar-refractivity contribution in [3.63, 3.8) is 0 Å². The Balaban J connectivity index is 1.91. The molecule has 0 saturated heterocycles. The van der Waals surface area contributed by atoms with Crippen molar-refractivity contribution in [2.24, 2.45) is 0 Å². The van der Waals surface area contributed by atoms with Crippen LogP contribution in [0.2, 0.25) is 10.0 Å². The van der Waals surface area contributed by atoms with Gasteiger partial charge in [-0.2, -0.15) is 0 Å². The van der Waals surface area contributed by atoms with Crippen LogP contribution >= 0.6 is 23.2 Å². The highest BCUT2D eigenvalue weighted by Gasteiger charge is 2.52. The van der Waals surface area contributed by atoms with E-state index < -0.39 is 11.5 Å². The number of hydrogen-bond acceptors (Lipinski definition) is 4. The van der Waals surface area contributed by atoms with Gasteiger partial charge < -0.3 is 14.7 Å². The average molecular weight is 408 g/mol. The molecule has 0 aromatic heterocycles. The van der Waals surface area contributed by atoms with E-state index in [2.05, 4.69) is 0 Å². The fourth-order valence-electron chi connectivity index (χ4n) is 3.33. The first-order chi connectivity index (χ1) is 12.8. The first kappa shape index (κ1) is 19.7. The summed E-state index contributed by atoms with van der Waals surface area (Å²) in [6, 6.07) is 10.6. The predicted molar refractivity (Wildman–Crippen MR) is 105 cm³/mol. The molecule has 1 aliphatic heterocycles. The number of aryl methyl sites for hydroxylation is 1. The van der Waals surface area contributed by atoms with Crippen molar-refractivity contribution < 1.29 is 19.4 Å². The van der Waals surface area contributed by atoms with Gasteiger partial charge in [-0.05, 0) is 37.6 Å². The van der Waals surface area contributed by atoms with E-state index in [1.165, 1.54) is 17.9 Å². The number of carbonyl (C=O) groups is 2. The highest BCUT2D eigenvalue weighted by molar-refractivity contribution is 6.38. The summed E-state index contributed by atoms with van der Waals surface area (Å²) in [6.07, 6.45) is -0.367. The molecule has 0 bridgehead atoms. The molecule has 0 fully saturated rings. The van der Waals surface area contributed by atoms with Gasteiger partial charge in [0, 0.05) is 17.0 Å². The third-order valence-corrected chi connectivity index (χ3v) is 5.15. The van der Waals surface area contributed by atoms with Crippen molar-refractivity contribution in [3.05, 3.63) is 57.6 Å². The zero-order valence-corrected chi connectivity index (χ0v) is 16.5. The summed E-state index contributed by atoms with van der Waals surface area (Å²) in [4.78, 5) is 26.0. The number of nitrogens with zero attached hydrogens (tertiary/aromatic N) is 1. The van der Waals surface area contributed by atoms with Crippen molar-refractivity contribution in [3.8, 4) is 5.75 Å². The molecule has 1 unspecified atom stereocenters. The molecular weight excluding hydrogens is 389 g/mol. The quantitative estimate of drug-likeness (QED) is 0.788. The lowest BCUT2D eigenvalue weighted by Crippen LogP contribution is -2.43. The summed E-state index contributed by atoms with van der Waals surface area (Å²) >= 11 is 12.5. The molecule has 0 spiro atoms. The van der Waals surface area contributed by atoms with Crippen LogP contribution in [0, 0.1) is 6.92 Å². The van der Waals surface area contributed by atoms with Gasteiger partial charge in [0.2, 0.25) is 0 Å². The molecule has 0 radical (unpaired) electrons. The Labute approximate surface area is 167 Å². The minimum absolute atomic E-state index is 0.153. The van der Waals surface area contributed by atoms with Crippen LogP contribution in [-0.4, -0.2) is 29.9 Å². The molecule has 1 amide bonds. The summed E-state index contributed by atoms with van der Waals surface area (Å²) in [5.74, 6) is -0.248. The molecule has 1 aliphatic rings. The number of fused-ring (bicyclic) bond motifs is 1. The standard InChI is InChI=1S/C20H19Cl2NO4/c1-12-5-3-4-6-16(12)27-10-9-23-18-15(22)8-7-14(21)17(18)20(26,19(23)25)11-13(2)24/h3-8,26H,9-11H2,1-2H3. The van der Waals surface area contributed by atoms with Crippen LogP contribution in [0.3, 0.4) is 0 Å². The van der Waals surface area contributed by atoms with Crippen LogP contribution in [0.5, 0.6) is 5.75 Å². The van der Waals surface area contributed by atoms with E-state index >= 15 is 0 Å². The maximum atomic E-state index is 13.0. The van der Waals surface area contributed by atoms with Gasteiger partial charge in [-0.15, -0.1) is 0 Å². The van der Waals surface area contributed by atoms with E-state index in [-0.39, 0.29) is 41.0 Å². The van der Waals surface area contributed by atoms with Crippen molar-refractivity contribution in [1.29, 1.82) is 0 Å². The van der Waals surface area contributed by atoms with E-state index in [1.54, 1.807) is 6.07 Å². The molecule has 0 saturated carbocycles. The van der Waals surface area contributed by atoms with Crippen molar-refractivity contribution in [2.75, 3.05) is 18.1 Å². The van der Waals surface area contributed by atoms with Gasteiger partial charge in [-0.3, -0.25) is 9.59 Å². The monoisotopic (exact) mass is 407 g/mol. The van der Waals surface area contributed by atoms with E-state index in [1.807, 2.05) is 31.2 Å². The molecule has 2 aromatic carbocycles. The highest BCUT2D eigenvalue weighted by Crippen LogP contribution is 2.49. The van der Waals surface area contributed by atoms with Gasteiger partial charge in [0.1, 0.15) is 18.1 Å².